The maximum Gasteiger partial charge on any atom is 0.439 e. The number of allylic oxidation sites excluding steroid dienone is 2. The van der Waals surface area contributed by atoms with Crippen molar-refractivity contribution in [2.75, 3.05) is 6.54 Å². The lowest BCUT2D eigenvalue weighted by molar-refractivity contribution is -0.706. The molecule has 1 amide bonds. The lowest BCUT2D eigenvalue weighted by atomic mass is 10.1. The maximum absolute atomic E-state index is 12.8. The second-order valence-electron chi connectivity index (χ2n) is 5.02. The van der Waals surface area contributed by atoms with Gasteiger partial charge in [-0.2, -0.15) is 4.48 Å². The highest BCUT2D eigenvalue weighted by Gasteiger charge is 2.44. The summed E-state index contributed by atoms with van der Waals surface area (Å²) in [4.78, 5) is 21.2. The fraction of sp³-hybridized carbons (Fsp3) is 0.500. The van der Waals surface area contributed by atoms with Gasteiger partial charge in [0.05, 0.1) is 6.54 Å². The number of quaternary nitrogens is 1. The van der Waals surface area contributed by atoms with Gasteiger partial charge in [-0.25, -0.2) is 19.3 Å². The zero-order valence-corrected chi connectivity index (χ0v) is 12.0. The summed E-state index contributed by atoms with van der Waals surface area (Å²) in [5.74, 6) is 0.327. The van der Waals surface area contributed by atoms with Crippen LogP contribution >= 0.6 is 0 Å². The van der Waals surface area contributed by atoms with E-state index in [0.717, 1.165) is 17.8 Å². The summed E-state index contributed by atoms with van der Waals surface area (Å²) in [6, 6.07) is -0.0174. The van der Waals surface area contributed by atoms with Crippen molar-refractivity contribution < 1.29 is 9.28 Å². The van der Waals surface area contributed by atoms with Gasteiger partial charge in [0.2, 0.25) is 6.34 Å². The summed E-state index contributed by atoms with van der Waals surface area (Å²) in [6.45, 7) is 8.98. The van der Waals surface area contributed by atoms with E-state index in [-0.39, 0.29) is 10.5 Å². The van der Waals surface area contributed by atoms with Gasteiger partial charge < -0.3 is 0 Å². The summed E-state index contributed by atoms with van der Waals surface area (Å²) in [5, 5.41) is 0. The van der Waals surface area contributed by atoms with Gasteiger partial charge in [0, 0.05) is 24.7 Å². The van der Waals surface area contributed by atoms with Gasteiger partial charge in [0.15, 0.2) is 0 Å². The van der Waals surface area contributed by atoms with Gasteiger partial charge in [0.1, 0.15) is 17.7 Å². The van der Waals surface area contributed by atoms with E-state index < -0.39 is 0 Å². The van der Waals surface area contributed by atoms with Crippen LogP contribution in [-0.4, -0.2) is 32.9 Å². The van der Waals surface area contributed by atoms with Crippen molar-refractivity contribution in [2.24, 2.45) is 10.9 Å². The number of amides is 1. The van der Waals surface area contributed by atoms with E-state index in [1.54, 1.807) is 25.1 Å². The average molecular weight is 261 g/mol. The monoisotopic (exact) mass is 261 g/mol. The van der Waals surface area contributed by atoms with E-state index in [2.05, 4.69) is 30.7 Å². The molecule has 0 saturated heterocycles. The van der Waals surface area contributed by atoms with Crippen molar-refractivity contribution in [1.82, 2.24) is 9.55 Å². The van der Waals surface area contributed by atoms with Gasteiger partial charge in [-0.1, -0.05) is 20.8 Å². The van der Waals surface area contributed by atoms with E-state index in [1.165, 1.54) is 4.57 Å². The first-order chi connectivity index (χ1) is 9.06. The van der Waals surface area contributed by atoms with E-state index in [4.69, 9.17) is 0 Å². The Bertz CT molecular complexity index is 528. The molecule has 0 radical (unpaired) electrons. The Morgan fingerprint density at radius 3 is 2.63 bits per heavy atom. The normalized spacial score (nSPS) is 22.6. The minimum absolute atomic E-state index is 0.0174. The molecule has 0 N–H and O–H groups in total. The van der Waals surface area contributed by atoms with Crippen LogP contribution in [0.3, 0.4) is 0 Å². The fourth-order valence-electron chi connectivity index (χ4n) is 2.61. The maximum atomic E-state index is 12.8. The molecule has 1 aliphatic heterocycles. The molecule has 1 aromatic heterocycles. The molecule has 0 bridgehead atoms. The van der Waals surface area contributed by atoms with Crippen LogP contribution < -0.4 is 0 Å². The summed E-state index contributed by atoms with van der Waals surface area (Å²) in [7, 11) is 0. The molecule has 5 nitrogen and oxygen atoms in total. The molecular weight excluding hydrogens is 240 g/mol. The Morgan fingerprint density at radius 1 is 1.42 bits per heavy atom. The minimum atomic E-state index is -0.0174. The van der Waals surface area contributed by atoms with Crippen molar-refractivity contribution >= 4 is 12.4 Å². The molecule has 5 heteroatoms. The van der Waals surface area contributed by atoms with Crippen molar-refractivity contribution in [3.8, 4) is 0 Å². The number of carbonyl (C=O) groups is 1. The number of hydrogen-bond acceptors (Lipinski definition) is 3. The summed E-state index contributed by atoms with van der Waals surface area (Å²) < 4.78 is 1.72. The van der Waals surface area contributed by atoms with E-state index in [1.807, 2.05) is 6.92 Å². The number of rotatable bonds is 3. The third-order valence-corrected chi connectivity index (χ3v) is 3.62. The molecule has 2 heterocycles. The van der Waals surface area contributed by atoms with E-state index in [0.29, 0.717) is 12.5 Å². The van der Waals surface area contributed by atoms with Crippen LogP contribution in [-0.2, 0) is 0 Å². The molecule has 102 valence electrons. The topological polar surface area (TPSA) is 47.2 Å². The van der Waals surface area contributed by atoms with Crippen molar-refractivity contribution in [1.29, 1.82) is 0 Å². The highest BCUT2D eigenvalue weighted by Crippen LogP contribution is 2.33. The molecule has 1 aromatic rings. The van der Waals surface area contributed by atoms with Gasteiger partial charge in [-0.3, -0.25) is 0 Å². The Hall–Kier alpha value is -1.75. The van der Waals surface area contributed by atoms with Gasteiger partial charge in [-0.15, -0.1) is 0 Å². The second-order valence-corrected chi connectivity index (χ2v) is 5.02. The number of imidazole rings is 1. The zero-order valence-electron chi connectivity index (χ0n) is 12.0. The molecule has 0 spiro atoms. The van der Waals surface area contributed by atoms with Gasteiger partial charge in [-0.05, 0) is 6.92 Å². The van der Waals surface area contributed by atoms with Crippen LogP contribution in [0.15, 0.2) is 35.1 Å². The van der Waals surface area contributed by atoms with Gasteiger partial charge in [0.25, 0.3) is 0 Å². The number of aliphatic imine (C=N–C) groups is 1. The summed E-state index contributed by atoms with van der Waals surface area (Å²) in [5.41, 5.74) is 2.13. The van der Waals surface area contributed by atoms with Crippen LogP contribution in [0.25, 0.3) is 0 Å². The molecule has 0 aliphatic carbocycles. The molecule has 1 unspecified atom stereocenters. The molecule has 19 heavy (non-hydrogen) atoms. The van der Waals surface area contributed by atoms with Crippen LogP contribution in [0.1, 0.15) is 34.1 Å². The third kappa shape index (κ3) is 2.04. The molecule has 2 rings (SSSR count). The second kappa shape index (κ2) is 5.09. The Morgan fingerprint density at radius 2 is 2.16 bits per heavy atom. The molecule has 1 atom stereocenters. The van der Waals surface area contributed by atoms with Crippen LogP contribution in [0.5, 0.6) is 0 Å². The largest absolute Gasteiger partial charge is 0.439 e. The van der Waals surface area contributed by atoms with Crippen LogP contribution in [0, 0.1) is 5.92 Å². The number of hydrogen-bond donors (Lipinski definition) is 0. The predicted octanol–water partition coefficient (Wildman–Crippen LogP) is 3.01. The first kappa shape index (κ1) is 13.7. The summed E-state index contributed by atoms with van der Waals surface area (Å²) >= 11 is 0. The van der Waals surface area contributed by atoms with Crippen molar-refractivity contribution in [3.63, 3.8) is 0 Å². The lowest BCUT2D eigenvalue weighted by Crippen LogP contribution is -2.51. The first-order valence-electron chi connectivity index (χ1n) is 6.76. The zero-order chi connectivity index (χ0) is 14.0. The molecule has 0 fully saturated rings. The minimum Gasteiger partial charge on any atom is -0.245 e. The molecule has 1 aliphatic rings. The van der Waals surface area contributed by atoms with Crippen molar-refractivity contribution in [2.45, 2.75) is 34.1 Å². The first-order valence-corrected chi connectivity index (χ1v) is 6.76. The fourth-order valence-corrected chi connectivity index (χ4v) is 2.61. The van der Waals surface area contributed by atoms with Crippen LogP contribution in [0.2, 0.25) is 0 Å². The smallest absolute Gasteiger partial charge is 0.245 e. The Balaban J connectivity index is 2.50. The Labute approximate surface area is 113 Å². The number of carbonyl (C=O) groups excluding carboxylic acids is 1. The number of nitrogens with zero attached hydrogens (tertiary/aromatic N) is 4. The average Bonchev–Trinajstić information content (AvgIpc) is 3.05. The van der Waals surface area contributed by atoms with Crippen LogP contribution in [0.4, 0.5) is 4.79 Å². The quantitative estimate of drug-likeness (QED) is 0.785. The third-order valence-electron chi connectivity index (χ3n) is 3.62. The molecule has 0 aromatic carbocycles. The standard InChI is InChI=1S/C14H21N4O/c1-5-12-13(11(3)4)16-10-18(12,6-2)14(19)17-8-7-15-9-17/h7-11H,5-6H2,1-4H3/q+1. The number of aromatic nitrogens is 2. The summed E-state index contributed by atoms with van der Waals surface area (Å²) in [6.07, 6.45) is 7.45. The van der Waals surface area contributed by atoms with E-state index in [9.17, 15) is 4.79 Å². The highest BCUT2D eigenvalue weighted by molar-refractivity contribution is 5.81. The Kier molecular flexibility index (Phi) is 3.66. The SMILES string of the molecule is CCC1=C(C(C)C)N=C[N+]1(CC)C(=O)n1ccnc1. The highest BCUT2D eigenvalue weighted by atomic mass is 16.2. The predicted molar refractivity (Wildman–Crippen MR) is 74.5 cm³/mol. The van der Waals surface area contributed by atoms with Gasteiger partial charge >= 0.3 is 6.03 Å². The van der Waals surface area contributed by atoms with Crippen molar-refractivity contribution in [3.05, 3.63) is 30.1 Å². The molecule has 0 saturated carbocycles. The van der Waals surface area contributed by atoms with E-state index >= 15 is 0 Å². The molecular formula is C14H21N4O+. The lowest BCUT2D eigenvalue weighted by Gasteiger charge is -2.28.